The summed E-state index contributed by atoms with van der Waals surface area (Å²) in [5.74, 6) is 1.13. The van der Waals surface area contributed by atoms with Crippen molar-refractivity contribution in [3.63, 3.8) is 0 Å². The first kappa shape index (κ1) is 14.5. The number of ether oxygens (including phenoxy) is 1. The zero-order valence-electron chi connectivity index (χ0n) is 11.8. The predicted octanol–water partition coefficient (Wildman–Crippen LogP) is 2.60. The van der Waals surface area contributed by atoms with Crippen molar-refractivity contribution in [3.8, 4) is 5.75 Å². The number of aromatic nitrogens is 1. The second-order valence-electron chi connectivity index (χ2n) is 4.57. The summed E-state index contributed by atoms with van der Waals surface area (Å²) in [7, 11) is 0.414. The fraction of sp³-hybridized carbons (Fsp3) is 0.267. The molecular weight excluding hydrogens is 272 g/mol. The number of benzene rings is 1. The molecule has 2 N–H and O–H groups in total. The fourth-order valence-electron chi connectivity index (χ4n) is 2.11. The molecule has 1 aromatic carbocycles. The third-order valence-electron chi connectivity index (χ3n) is 3.18. The molecule has 2 aromatic rings. The lowest BCUT2D eigenvalue weighted by atomic mass is 10.1. The van der Waals surface area contributed by atoms with Gasteiger partial charge in [0.25, 0.3) is 0 Å². The van der Waals surface area contributed by atoms with Crippen LogP contribution in [0.25, 0.3) is 0 Å². The van der Waals surface area contributed by atoms with Crippen LogP contribution in [0, 0.1) is 13.8 Å². The maximum atomic E-state index is 12.4. The van der Waals surface area contributed by atoms with Crippen LogP contribution in [0.3, 0.4) is 0 Å². The number of nitrogens with zero attached hydrogens (tertiary/aromatic N) is 1. The molecule has 1 heterocycles. The molecule has 0 fully saturated rings. The van der Waals surface area contributed by atoms with E-state index < -0.39 is 10.8 Å². The van der Waals surface area contributed by atoms with Gasteiger partial charge in [-0.05, 0) is 26.0 Å². The van der Waals surface area contributed by atoms with Crippen molar-refractivity contribution in [1.82, 2.24) is 4.98 Å². The fourth-order valence-corrected chi connectivity index (χ4v) is 3.36. The zero-order chi connectivity index (χ0) is 14.7. The topological polar surface area (TPSA) is 65.2 Å². The van der Waals surface area contributed by atoms with Gasteiger partial charge in [0.1, 0.15) is 5.75 Å². The molecule has 106 valence electrons. The Morgan fingerprint density at radius 3 is 2.65 bits per heavy atom. The Labute approximate surface area is 121 Å². The van der Waals surface area contributed by atoms with E-state index in [0.29, 0.717) is 16.3 Å². The molecule has 0 aliphatic rings. The summed E-state index contributed by atoms with van der Waals surface area (Å²) < 4.78 is 17.8. The molecule has 0 saturated carbocycles. The van der Waals surface area contributed by atoms with E-state index in [4.69, 9.17) is 10.5 Å². The van der Waals surface area contributed by atoms with E-state index in [1.54, 1.807) is 25.4 Å². The number of nitrogen functional groups attached to an aromatic ring is 1. The number of hydrogen-bond acceptors (Lipinski definition) is 4. The van der Waals surface area contributed by atoms with E-state index in [1.807, 2.05) is 26.0 Å². The maximum Gasteiger partial charge on any atom is 0.128 e. The van der Waals surface area contributed by atoms with Crippen LogP contribution in [0.5, 0.6) is 5.75 Å². The molecular formula is C15H18N2O2S. The van der Waals surface area contributed by atoms with Crippen molar-refractivity contribution in [2.24, 2.45) is 0 Å². The van der Waals surface area contributed by atoms with Gasteiger partial charge in [0.15, 0.2) is 0 Å². The minimum atomic E-state index is -1.22. The standard InChI is InChI=1S/C15H18N2O2S/c1-10-8-17-13(11(2)15(10)19-3)9-20(18)14-7-5-4-6-12(14)16/h4-8H,9,16H2,1-3H3. The highest BCUT2D eigenvalue weighted by molar-refractivity contribution is 7.84. The van der Waals surface area contributed by atoms with Crippen LogP contribution in [0.2, 0.25) is 0 Å². The number of pyridine rings is 1. The molecule has 0 spiro atoms. The van der Waals surface area contributed by atoms with Gasteiger partial charge in [-0.25, -0.2) is 0 Å². The van der Waals surface area contributed by atoms with Crippen LogP contribution in [-0.2, 0) is 16.6 Å². The van der Waals surface area contributed by atoms with Gasteiger partial charge in [-0.2, -0.15) is 0 Å². The van der Waals surface area contributed by atoms with Crippen molar-refractivity contribution < 1.29 is 8.95 Å². The SMILES string of the molecule is COc1c(C)cnc(CS(=O)c2ccccc2N)c1C. The number of hydrogen-bond donors (Lipinski definition) is 1. The van der Waals surface area contributed by atoms with Gasteiger partial charge in [0, 0.05) is 23.0 Å². The number of anilines is 1. The van der Waals surface area contributed by atoms with Gasteiger partial charge < -0.3 is 10.5 Å². The van der Waals surface area contributed by atoms with Crippen LogP contribution in [0.15, 0.2) is 35.4 Å². The zero-order valence-corrected chi connectivity index (χ0v) is 12.7. The molecule has 1 atom stereocenters. The number of nitrogens with two attached hydrogens (primary N) is 1. The summed E-state index contributed by atoms with van der Waals surface area (Å²) in [6.07, 6.45) is 1.74. The number of methoxy groups -OCH3 is 1. The minimum Gasteiger partial charge on any atom is -0.496 e. The van der Waals surface area contributed by atoms with Crippen molar-refractivity contribution in [2.75, 3.05) is 12.8 Å². The lowest BCUT2D eigenvalue weighted by Crippen LogP contribution is -2.05. The molecule has 0 radical (unpaired) electrons. The Hall–Kier alpha value is -1.88. The summed E-state index contributed by atoms with van der Waals surface area (Å²) in [6, 6.07) is 7.20. The van der Waals surface area contributed by atoms with Crippen molar-refractivity contribution >= 4 is 16.5 Å². The molecule has 2 rings (SSSR count). The van der Waals surface area contributed by atoms with Crippen LogP contribution >= 0.6 is 0 Å². The average molecular weight is 290 g/mol. The summed E-state index contributed by atoms with van der Waals surface area (Å²) in [5.41, 5.74) is 9.07. The first-order valence-electron chi connectivity index (χ1n) is 6.26. The molecule has 1 aromatic heterocycles. The van der Waals surface area contributed by atoms with E-state index in [2.05, 4.69) is 4.98 Å². The van der Waals surface area contributed by atoms with Gasteiger partial charge >= 0.3 is 0 Å². The molecule has 0 aliphatic heterocycles. The lowest BCUT2D eigenvalue weighted by Gasteiger charge is -2.12. The highest BCUT2D eigenvalue weighted by atomic mass is 32.2. The highest BCUT2D eigenvalue weighted by Crippen LogP contribution is 2.26. The van der Waals surface area contributed by atoms with Gasteiger partial charge in [-0.1, -0.05) is 12.1 Å². The van der Waals surface area contributed by atoms with E-state index in [0.717, 1.165) is 22.6 Å². The maximum absolute atomic E-state index is 12.4. The first-order chi connectivity index (χ1) is 9.54. The normalized spacial score (nSPS) is 12.2. The van der Waals surface area contributed by atoms with Crippen LogP contribution < -0.4 is 10.5 Å². The Kier molecular flexibility index (Phi) is 4.39. The molecule has 5 heteroatoms. The third-order valence-corrected chi connectivity index (χ3v) is 4.58. The van der Waals surface area contributed by atoms with Crippen LogP contribution in [-0.4, -0.2) is 16.3 Å². The lowest BCUT2D eigenvalue weighted by molar-refractivity contribution is 0.407. The number of para-hydroxylation sites is 1. The van der Waals surface area contributed by atoms with Gasteiger partial charge in [-0.15, -0.1) is 0 Å². The average Bonchev–Trinajstić information content (AvgIpc) is 2.43. The summed E-state index contributed by atoms with van der Waals surface area (Å²) in [4.78, 5) is 5.01. The van der Waals surface area contributed by atoms with Crippen molar-refractivity contribution in [2.45, 2.75) is 24.5 Å². The molecule has 20 heavy (non-hydrogen) atoms. The van der Waals surface area contributed by atoms with Crippen LogP contribution in [0.1, 0.15) is 16.8 Å². The third kappa shape index (κ3) is 2.82. The van der Waals surface area contributed by atoms with E-state index in [1.165, 1.54) is 0 Å². The minimum absolute atomic E-state index is 0.330. The van der Waals surface area contributed by atoms with Gasteiger partial charge in [0.2, 0.25) is 0 Å². The quantitative estimate of drug-likeness (QED) is 0.879. The largest absolute Gasteiger partial charge is 0.496 e. The summed E-state index contributed by atoms with van der Waals surface area (Å²) in [6.45, 7) is 3.87. The van der Waals surface area contributed by atoms with Gasteiger partial charge in [0.05, 0.1) is 34.3 Å². The number of aryl methyl sites for hydroxylation is 1. The molecule has 0 aliphatic carbocycles. The molecule has 1 unspecified atom stereocenters. The molecule has 0 bridgehead atoms. The predicted molar refractivity (Wildman–Crippen MR) is 81.2 cm³/mol. The van der Waals surface area contributed by atoms with E-state index in [-0.39, 0.29) is 0 Å². The Morgan fingerprint density at radius 2 is 2.00 bits per heavy atom. The van der Waals surface area contributed by atoms with Gasteiger partial charge in [-0.3, -0.25) is 9.19 Å². The second kappa shape index (κ2) is 6.05. The van der Waals surface area contributed by atoms with Crippen molar-refractivity contribution in [1.29, 1.82) is 0 Å². The monoisotopic (exact) mass is 290 g/mol. The first-order valence-corrected chi connectivity index (χ1v) is 7.58. The number of rotatable bonds is 4. The summed E-state index contributed by atoms with van der Waals surface area (Å²) in [5, 5.41) is 0. The molecule has 0 amide bonds. The Balaban J connectivity index is 2.32. The molecule has 4 nitrogen and oxygen atoms in total. The molecule has 0 saturated heterocycles. The Bertz CT molecular complexity index is 656. The van der Waals surface area contributed by atoms with E-state index >= 15 is 0 Å². The van der Waals surface area contributed by atoms with E-state index in [9.17, 15) is 4.21 Å². The summed E-state index contributed by atoms with van der Waals surface area (Å²) >= 11 is 0. The highest BCUT2D eigenvalue weighted by Gasteiger charge is 2.14. The van der Waals surface area contributed by atoms with Crippen molar-refractivity contribution in [3.05, 3.63) is 47.3 Å². The second-order valence-corrected chi connectivity index (χ2v) is 5.99. The Morgan fingerprint density at radius 1 is 1.30 bits per heavy atom. The smallest absolute Gasteiger partial charge is 0.128 e. The van der Waals surface area contributed by atoms with Crippen LogP contribution in [0.4, 0.5) is 5.69 Å².